The van der Waals surface area contributed by atoms with E-state index in [1.54, 1.807) is 0 Å². The molecule has 7 heteroatoms. The monoisotopic (exact) mass is 342 g/mol. The maximum absolute atomic E-state index is 12.7. The molecule has 0 radical (unpaired) electrons. The summed E-state index contributed by atoms with van der Waals surface area (Å²) in [6.07, 6.45) is -3.87. The number of ether oxygens (including phenoxy) is 2. The average molecular weight is 342 g/mol. The Labute approximate surface area is 136 Å². The normalized spacial score (nSPS) is 33.9. The Kier molecular flexibility index (Phi) is 3.48. The highest BCUT2D eigenvalue weighted by atomic mass is 19.4. The molecule has 2 aliphatic rings. The van der Waals surface area contributed by atoms with Crippen LogP contribution in [0.15, 0.2) is 24.3 Å². The molecule has 0 amide bonds. The predicted octanol–water partition coefficient (Wildman–Crippen LogP) is 2.95. The van der Waals surface area contributed by atoms with Crippen molar-refractivity contribution in [3.05, 3.63) is 35.4 Å². The van der Waals surface area contributed by atoms with Crippen LogP contribution in [0.4, 0.5) is 13.2 Å². The van der Waals surface area contributed by atoms with Crippen LogP contribution >= 0.6 is 0 Å². The van der Waals surface area contributed by atoms with E-state index in [1.165, 1.54) is 26.4 Å². The van der Waals surface area contributed by atoms with Crippen LogP contribution in [0, 0.1) is 17.3 Å². The molecular weight excluding hydrogens is 325 g/mol. The van der Waals surface area contributed by atoms with Crippen LogP contribution in [0.25, 0.3) is 0 Å². The molecule has 0 aliphatic heterocycles. The summed E-state index contributed by atoms with van der Waals surface area (Å²) < 4.78 is 47.6. The average Bonchev–Trinajstić information content (AvgIpc) is 3.40. The Hall–Kier alpha value is -2.05. The fourth-order valence-electron chi connectivity index (χ4n) is 4.23. The van der Waals surface area contributed by atoms with Crippen molar-refractivity contribution in [1.82, 2.24) is 0 Å². The number of methoxy groups -OCH3 is 2. The van der Waals surface area contributed by atoms with Gasteiger partial charge in [0.05, 0.1) is 31.6 Å². The minimum Gasteiger partial charge on any atom is -0.469 e. The highest BCUT2D eigenvalue weighted by Crippen LogP contribution is 2.85. The lowest BCUT2D eigenvalue weighted by Gasteiger charge is -2.14. The quantitative estimate of drug-likeness (QED) is 0.793. The first-order valence-electron chi connectivity index (χ1n) is 7.47. The Morgan fingerprint density at radius 3 is 1.88 bits per heavy atom. The number of rotatable bonds is 3. The summed E-state index contributed by atoms with van der Waals surface area (Å²) in [6, 6.07) is 4.88. The third-order valence-corrected chi connectivity index (χ3v) is 5.64. The molecule has 3 atom stereocenters. The Morgan fingerprint density at radius 1 is 1.04 bits per heavy atom. The lowest BCUT2D eigenvalue weighted by molar-refractivity contribution is -0.148. The van der Waals surface area contributed by atoms with Gasteiger partial charge >= 0.3 is 18.1 Å². The molecular formula is C17H17F3O4. The van der Waals surface area contributed by atoms with Crippen LogP contribution in [-0.2, 0) is 30.7 Å². The lowest BCUT2D eigenvalue weighted by Crippen LogP contribution is -2.12. The second kappa shape index (κ2) is 4.97. The molecule has 130 valence electrons. The predicted molar refractivity (Wildman–Crippen MR) is 76.9 cm³/mol. The largest absolute Gasteiger partial charge is 0.469 e. The van der Waals surface area contributed by atoms with E-state index in [1.807, 2.05) is 6.92 Å². The number of halogens is 3. The van der Waals surface area contributed by atoms with Gasteiger partial charge in [-0.2, -0.15) is 13.2 Å². The van der Waals surface area contributed by atoms with Gasteiger partial charge in [-0.3, -0.25) is 9.59 Å². The number of alkyl halides is 3. The van der Waals surface area contributed by atoms with Crippen LogP contribution in [0.2, 0.25) is 0 Å². The first-order valence-corrected chi connectivity index (χ1v) is 7.47. The van der Waals surface area contributed by atoms with Crippen LogP contribution in [-0.4, -0.2) is 26.2 Å². The van der Waals surface area contributed by atoms with Crippen LogP contribution in [0.5, 0.6) is 0 Å². The number of carbonyl (C=O) groups is 2. The van der Waals surface area contributed by atoms with E-state index in [0.717, 1.165) is 12.1 Å². The third-order valence-electron chi connectivity index (χ3n) is 5.64. The van der Waals surface area contributed by atoms with Crippen molar-refractivity contribution in [2.75, 3.05) is 14.2 Å². The van der Waals surface area contributed by atoms with Crippen molar-refractivity contribution in [1.29, 1.82) is 0 Å². The minimum atomic E-state index is -4.40. The van der Waals surface area contributed by atoms with Crippen LogP contribution in [0.1, 0.15) is 24.5 Å². The van der Waals surface area contributed by atoms with Gasteiger partial charge in [0.15, 0.2) is 0 Å². The fourth-order valence-corrected chi connectivity index (χ4v) is 4.23. The highest BCUT2D eigenvalue weighted by Gasteiger charge is 2.89. The SMILES string of the molecule is COC(=O)C1C(C(=O)OC)C12CC2(C)c1ccc(C(F)(F)F)cc1. The summed E-state index contributed by atoms with van der Waals surface area (Å²) in [7, 11) is 2.50. The molecule has 3 rings (SSSR count). The van der Waals surface area contributed by atoms with Gasteiger partial charge in [-0.1, -0.05) is 19.1 Å². The zero-order valence-electron chi connectivity index (χ0n) is 13.4. The summed E-state index contributed by atoms with van der Waals surface area (Å²) in [5.74, 6) is -2.19. The summed E-state index contributed by atoms with van der Waals surface area (Å²) in [6.45, 7) is 1.86. The van der Waals surface area contributed by atoms with Gasteiger partial charge in [0.2, 0.25) is 0 Å². The van der Waals surface area contributed by atoms with E-state index in [2.05, 4.69) is 0 Å². The van der Waals surface area contributed by atoms with Gasteiger partial charge in [0, 0.05) is 10.8 Å². The number of hydrogen-bond donors (Lipinski definition) is 0. The molecule has 0 bridgehead atoms. The summed E-state index contributed by atoms with van der Waals surface area (Å²) in [4.78, 5) is 24.0. The van der Waals surface area contributed by atoms with E-state index >= 15 is 0 Å². The van der Waals surface area contributed by atoms with Gasteiger partial charge in [0.1, 0.15) is 0 Å². The number of benzene rings is 1. The van der Waals surface area contributed by atoms with E-state index in [-0.39, 0.29) is 0 Å². The van der Waals surface area contributed by atoms with Gasteiger partial charge < -0.3 is 9.47 Å². The van der Waals surface area contributed by atoms with E-state index in [4.69, 9.17) is 9.47 Å². The van der Waals surface area contributed by atoms with Gasteiger partial charge in [0.25, 0.3) is 0 Å². The van der Waals surface area contributed by atoms with Crippen molar-refractivity contribution in [2.24, 2.45) is 17.3 Å². The van der Waals surface area contributed by atoms with Crippen molar-refractivity contribution < 1.29 is 32.2 Å². The topological polar surface area (TPSA) is 52.6 Å². The lowest BCUT2D eigenvalue weighted by atomic mass is 9.92. The van der Waals surface area contributed by atoms with Crippen molar-refractivity contribution in [2.45, 2.75) is 24.9 Å². The van der Waals surface area contributed by atoms with Crippen molar-refractivity contribution >= 4 is 11.9 Å². The molecule has 2 aliphatic carbocycles. The second-order valence-electron chi connectivity index (χ2n) is 6.63. The Balaban J connectivity index is 1.91. The zero-order chi connectivity index (χ0) is 17.9. The van der Waals surface area contributed by atoms with Crippen molar-refractivity contribution in [3.8, 4) is 0 Å². The molecule has 2 fully saturated rings. The minimum absolute atomic E-state index is 0.485. The van der Waals surface area contributed by atoms with E-state index < -0.39 is 46.3 Å². The molecule has 1 spiro atoms. The Bertz CT molecular complexity index is 673. The maximum Gasteiger partial charge on any atom is 0.416 e. The maximum atomic E-state index is 12.7. The molecule has 24 heavy (non-hydrogen) atoms. The Morgan fingerprint density at radius 2 is 1.50 bits per heavy atom. The molecule has 4 nitrogen and oxygen atoms in total. The first-order chi connectivity index (χ1) is 11.1. The van der Waals surface area contributed by atoms with Gasteiger partial charge in [-0.15, -0.1) is 0 Å². The van der Waals surface area contributed by atoms with Crippen molar-refractivity contribution in [3.63, 3.8) is 0 Å². The number of esters is 2. The zero-order valence-corrected chi connectivity index (χ0v) is 13.4. The second-order valence-corrected chi connectivity index (χ2v) is 6.63. The third kappa shape index (κ3) is 2.06. The smallest absolute Gasteiger partial charge is 0.416 e. The molecule has 0 heterocycles. The van der Waals surface area contributed by atoms with Gasteiger partial charge in [-0.25, -0.2) is 0 Å². The van der Waals surface area contributed by atoms with E-state index in [0.29, 0.717) is 12.0 Å². The molecule has 0 aromatic heterocycles. The summed E-state index contributed by atoms with van der Waals surface area (Å²) >= 11 is 0. The molecule has 0 saturated heterocycles. The first kappa shape index (κ1) is 16.8. The van der Waals surface area contributed by atoms with E-state index in [9.17, 15) is 22.8 Å². The number of carbonyl (C=O) groups excluding carboxylic acids is 2. The molecule has 3 unspecified atom stereocenters. The van der Waals surface area contributed by atoms with Gasteiger partial charge in [-0.05, 0) is 24.1 Å². The summed E-state index contributed by atoms with van der Waals surface area (Å²) in [5.41, 5.74) is -1.22. The fraction of sp³-hybridized carbons (Fsp3) is 0.529. The molecule has 1 aromatic carbocycles. The highest BCUT2D eigenvalue weighted by molar-refractivity contribution is 5.92. The molecule has 1 aromatic rings. The standard InChI is InChI=1S/C17H17F3O4/c1-15(9-4-6-10(7-5-9)17(18,19)20)8-16(15)11(13(21)23-2)12(16)14(22)24-3/h4-7,11-12H,8H2,1-3H3. The molecule has 0 N–H and O–H groups in total. The van der Waals surface area contributed by atoms with Crippen LogP contribution < -0.4 is 0 Å². The molecule has 2 saturated carbocycles. The summed E-state index contributed by atoms with van der Waals surface area (Å²) in [5, 5.41) is 0. The number of hydrogen-bond acceptors (Lipinski definition) is 4. The van der Waals surface area contributed by atoms with Crippen LogP contribution in [0.3, 0.4) is 0 Å².